The second-order valence-corrected chi connectivity index (χ2v) is 11.5. The lowest BCUT2D eigenvalue weighted by molar-refractivity contribution is -0.143. The molecule has 1 aliphatic heterocycles. The fourth-order valence-corrected chi connectivity index (χ4v) is 5.49. The van der Waals surface area contributed by atoms with Crippen molar-refractivity contribution in [3.05, 3.63) is 71.5 Å². The Balaban J connectivity index is 1.56. The number of aromatic amines is 1. The van der Waals surface area contributed by atoms with E-state index in [1.807, 2.05) is 56.3 Å². The van der Waals surface area contributed by atoms with Gasteiger partial charge in [-0.15, -0.1) is 10.2 Å². The van der Waals surface area contributed by atoms with E-state index < -0.39 is 41.8 Å². The smallest absolute Gasteiger partial charge is 0.305 e. The SMILES string of the molecule is CCOC(=O)CCC[C@H](NC(=O)[C@@H](NC(=O)Cc1ccccc1)[C@@H](C)CC)C(=O)N1c2ccccc2C[C@H]1C(=O)NCc1nn[nH]n1. The van der Waals surface area contributed by atoms with Crippen LogP contribution in [-0.2, 0) is 48.1 Å². The average molecular weight is 647 g/mol. The highest BCUT2D eigenvalue weighted by atomic mass is 16.5. The molecule has 0 bridgehead atoms. The zero-order chi connectivity index (χ0) is 33.8. The molecule has 4 N–H and O–H groups in total. The number of nitrogens with one attached hydrogen (secondary N) is 4. The third kappa shape index (κ3) is 9.44. The Morgan fingerprint density at radius 2 is 1.77 bits per heavy atom. The van der Waals surface area contributed by atoms with E-state index in [0.717, 1.165) is 11.1 Å². The van der Waals surface area contributed by atoms with Crippen LogP contribution in [0.5, 0.6) is 0 Å². The number of ether oxygens (including phenoxy) is 1. The Morgan fingerprint density at radius 3 is 2.47 bits per heavy atom. The number of tetrazole rings is 1. The zero-order valence-electron chi connectivity index (χ0n) is 26.9. The fourth-order valence-electron chi connectivity index (χ4n) is 5.49. The van der Waals surface area contributed by atoms with Crippen molar-refractivity contribution >= 4 is 35.3 Å². The molecule has 250 valence electrons. The number of aromatic nitrogens is 4. The first-order valence-corrected chi connectivity index (χ1v) is 15.9. The van der Waals surface area contributed by atoms with Crippen molar-refractivity contribution in [2.24, 2.45) is 5.92 Å². The topological polar surface area (TPSA) is 188 Å². The molecule has 2 aromatic carbocycles. The van der Waals surface area contributed by atoms with E-state index in [0.29, 0.717) is 12.1 Å². The summed E-state index contributed by atoms with van der Waals surface area (Å²) in [6, 6.07) is 13.5. The Hall–Kier alpha value is -5.14. The number of anilines is 1. The quantitative estimate of drug-likeness (QED) is 0.168. The molecule has 0 fully saturated rings. The monoisotopic (exact) mass is 646 g/mol. The lowest BCUT2D eigenvalue weighted by Crippen LogP contribution is -2.58. The van der Waals surface area contributed by atoms with Crippen molar-refractivity contribution in [3.63, 3.8) is 0 Å². The molecule has 2 heterocycles. The summed E-state index contributed by atoms with van der Waals surface area (Å²) in [5.41, 5.74) is 2.15. The van der Waals surface area contributed by atoms with Gasteiger partial charge in [0.2, 0.25) is 23.6 Å². The number of para-hydroxylation sites is 1. The predicted molar refractivity (Wildman–Crippen MR) is 171 cm³/mol. The van der Waals surface area contributed by atoms with Crippen molar-refractivity contribution in [3.8, 4) is 0 Å². The van der Waals surface area contributed by atoms with Gasteiger partial charge in [-0.05, 0) is 42.9 Å². The molecule has 4 amide bonds. The number of hydrogen-bond acceptors (Lipinski definition) is 9. The van der Waals surface area contributed by atoms with Gasteiger partial charge >= 0.3 is 5.97 Å². The summed E-state index contributed by atoms with van der Waals surface area (Å²) in [6.07, 6.45) is 1.33. The van der Waals surface area contributed by atoms with Crippen LogP contribution in [0.3, 0.4) is 0 Å². The van der Waals surface area contributed by atoms with Crippen molar-refractivity contribution in [1.82, 2.24) is 36.6 Å². The maximum Gasteiger partial charge on any atom is 0.305 e. The first kappa shape index (κ1) is 34.7. The summed E-state index contributed by atoms with van der Waals surface area (Å²) < 4.78 is 5.06. The van der Waals surface area contributed by atoms with E-state index >= 15 is 0 Å². The number of hydrogen-bond donors (Lipinski definition) is 4. The van der Waals surface area contributed by atoms with Crippen LogP contribution in [0, 0.1) is 5.92 Å². The van der Waals surface area contributed by atoms with Gasteiger partial charge in [0.1, 0.15) is 18.1 Å². The molecular formula is C33H42N8O6. The highest BCUT2D eigenvalue weighted by Gasteiger charge is 2.41. The average Bonchev–Trinajstić information content (AvgIpc) is 3.74. The lowest BCUT2D eigenvalue weighted by atomic mass is 9.97. The Morgan fingerprint density at radius 1 is 1.02 bits per heavy atom. The normalized spacial score (nSPS) is 15.6. The molecule has 14 nitrogen and oxygen atoms in total. The summed E-state index contributed by atoms with van der Waals surface area (Å²) in [4.78, 5) is 68.3. The largest absolute Gasteiger partial charge is 0.466 e. The number of esters is 1. The van der Waals surface area contributed by atoms with Gasteiger partial charge in [0, 0.05) is 18.5 Å². The third-order valence-electron chi connectivity index (χ3n) is 8.14. The van der Waals surface area contributed by atoms with Crippen LogP contribution in [-0.4, -0.2) is 75.0 Å². The van der Waals surface area contributed by atoms with E-state index in [2.05, 4.69) is 36.6 Å². The van der Waals surface area contributed by atoms with Crippen molar-refractivity contribution in [2.75, 3.05) is 11.5 Å². The number of carbonyl (C=O) groups is 5. The molecule has 0 radical (unpaired) electrons. The summed E-state index contributed by atoms with van der Waals surface area (Å²) in [5.74, 6) is -2.18. The molecule has 1 aromatic heterocycles. The summed E-state index contributed by atoms with van der Waals surface area (Å²) in [5, 5.41) is 22.0. The van der Waals surface area contributed by atoms with Crippen LogP contribution in [0.4, 0.5) is 5.69 Å². The number of carbonyl (C=O) groups excluding carboxylic acids is 5. The molecule has 14 heteroatoms. The molecular weight excluding hydrogens is 604 g/mol. The predicted octanol–water partition coefficient (Wildman–Crippen LogP) is 1.77. The summed E-state index contributed by atoms with van der Waals surface area (Å²) in [6.45, 7) is 5.70. The molecule has 3 aromatic rings. The molecule has 0 saturated carbocycles. The molecule has 0 saturated heterocycles. The number of rotatable bonds is 16. The Labute approximate surface area is 273 Å². The number of benzene rings is 2. The maximum absolute atomic E-state index is 14.4. The van der Waals surface area contributed by atoms with Crippen molar-refractivity contribution in [1.29, 1.82) is 0 Å². The lowest BCUT2D eigenvalue weighted by Gasteiger charge is -2.31. The van der Waals surface area contributed by atoms with Gasteiger partial charge < -0.3 is 20.7 Å². The molecule has 4 rings (SSSR count). The first-order chi connectivity index (χ1) is 22.7. The van der Waals surface area contributed by atoms with Gasteiger partial charge in [0.25, 0.3) is 0 Å². The summed E-state index contributed by atoms with van der Waals surface area (Å²) in [7, 11) is 0. The van der Waals surface area contributed by atoms with Crippen LogP contribution in [0.2, 0.25) is 0 Å². The third-order valence-corrected chi connectivity index (χ3v) is 8.14. The van der Waals surface area contributed by atoms with Crippen LogP contribution in [0.15, 0.2) is 54.6 Å². The second kappa shape index (κ2) is 17.0. The summed E-state index contributed by atoms with van der Waals surface area (Å²) >= 11 is 0. The van der Waals surface area contributed by atoms with Gasteiger partial charge in [-0.3, -0.25) is 28.9 Å². The number of fused-ring (bicyclic) bond motifs is 1. The number of nitrogens with zero attached hydrogens (tertiary/aromatic N) is 4. The minimum Gasteiger partial charge on any atom is -0.466 e. The number of amides is 4. The number of H-pyrrole nitrogens is 1. The van der Waals surface area contributed by atoms with Gasteiger partial charge in [0.05, 0.1) is 19.6 Å². The van der Waals surface area contributed by atoms with E-state index in [9.17, 15) is 24.0 Å². The molecule has 0 unspecified atom stereocenters. The van der Waals surface area contributed by atoms with Gasteiger partial charge in [-0.25, -0.2) is 0 Å². The Kier molecular flexibility index (Phi) is 12.5. The Bertz CT molecular complexity index is 1520. The van der Waals surface area contributed by atoms with Gasteiger partial charge in [-0.2, -0.15) is 5.21 Å². The maximum atomic E-state index is 14.4. The molecule has 4 atom stereocenters. The van der Waals surface area contributed by atoms with Gasteiger partial charge in [0.15, 0.2) is 5.82 Å². The first-order valence-electron chi connectivity index (χ1n) is 15.9. The highest BCUT2D eigenvalue weighted by molar-refractivity contribution is 6.07. The zero-order valence-corrected chi connectivity index (χ0v) is 26.9. The van der Waals surface area contributed by atoms with Crippen LogP contribution >= 0.6 is 0 Å². The van der Waals surface area contributed by atoms with Crippen LogP contribution in [0.25, 0.3) is 0 Å². The molecule has 1 aliphatic rings. The van der Waals surface area contributed by atoms with Crippen LogP contribution in [0.1, 0.15) is 63.4 Å². The molecule has 0 aliphatic carbocycles. The van der Waals surface area contributed by atoms with Crippen molar-refractivity contribution in [2.45, 2.75) is 84.0 Å². The highest BCUT2D eigenvalue weighted by Crippen LogP contribution is 2.33. The van der Waals surface area contributed by atoms with E-state index in [-0.39, 0.29) is 62.9 Å². The van der Waals surface area contributed by atoms with Crippen LogP contribution < -0.4 is 20.9 Å². The molecule has 47 heavy (non-hydrogen) atoms. The van der Waals surface area contributed by atoms with E-state index in [1.165, 1.54) is 4.90 Å². The second-order valence-electron chi connectivity index (χ2n) is 11.5. The van der Waals surface area contributed by atoms with Crippen molar-refractivity contribution < 1.29 is 28.7 Å². The van der Waals surface area contributed by atoms with E-state index in [1.54, 1.807) is 19.1 Å². The fraction of sp³-hybridized carbons (Fsp3) is 0.455. The minimum atomic E-state index is -1.10. The van der Waals surface area contributed by atoms with E-state index in [4.69, 9.17) is 4.74 Å². The molecule has 0 spiro atoms. The minimum absolute atomic E-state index is 0.00315. The van der Waals surface area contributed by atoms with Gasteiger partial charge in [-0.1, -0.05) is 74.0 Å². The standard InChI is InChI=1S/C33H42N8O6/c1-4-21(3)30(36-28(42)18-22-12-7-6-8-13-22)32(45)35-24(15-11-17-29(43)47-5-2)33(46)41-25-16-10-9-14-23(25)19-26(41)31(44)34-20-27-37-39-40-38-27/h6-10,12-14,16,21,24,26,30H,4-5,11,15,17-20H2,1-3H3,(H,34,44)(H,35,45)(H,36,42)(H,37,38,39,40)/t21-,24-,26-,30-/m0/s1.